The van der Waals surface area contributed by atoms with Crippen LogP contribution in [0.25, 0.3) is 28.5 Å². The molecule has 4 heterocycles. The van der Waals surface area contributed by atoms with E-state index in [1.807, 2.05) is 106 Å². The van der Waals surface area contributed by atoms with Crippen molar-refractivity contribution in [1.82, 2.24) is 25.0 Å². The fourth-order valence-electron chi connectivity index (χ4n) is 5.95. The van der Waals surface area contributed by atoms with Crippen molar-refractivity contribution in [3.63, 3.8) is 0 Å². The van der Waals surface area contributed by atoms with Gasteiger partial charge in [-0.15, -0.1) is 0 Å². The van der Waals surface area contributed by atoms with Gasteiger partial charge in [0.15, 0.2) is 0 Å². The number of ether oxygens (including phenoxy) is 1. The molecule has 6 rings (SSSR count). The second-order valence-electron chi connectivity index (χ2n) is 12.7. The van der Waals surface area contributed by atoms with Gasteiger partial charge in [-0.05, 0) is 88.9 Å². The molecule has 0 bridgehead atoms. The van der Waals surface area contributed by atoms with Crippen molar-refractivity contribution in [3.05, 3.63) is 89.0 Å². The molecule has 1 atom stereocenters. The topological polar surface area (TPSA) is 121 Å². The molecule has 2 aliphatic heterocycles. The number of piperidine rings is 1. The molecule has 2 aromatic heterocycles. The number of carbonyl (C=O) groups excluding carboxylic acids is 3. The number of hydrogen-bond acceptors (Lipinski definition) is 5. The summed E-state index contributed by atoms with van der Waals surface area (Å²) in [7, 11) is 0. The van der Waals surface area contributed by atoms with Crippen molar-refractivity contribution in [2.24, 2.45) is 0 Å². The standard InChI is InChI=1S/C35H38N6O4/c1-21-30(37-22(2)31(21)33(43)38-25-10-9-15-40(20-25)34(44)45-35(3,4)5)17-28-27-16-23(13-14-29(27)39-32(28)42)24-18-36-41(19-24)26-11-7-6-8-12-26/h6-8,11-14,16-19,25,37H,9-10,15,20H2,1-5H3,(H,38,43)(H,39,42)/b28-17-/t25-/m0/s1. The van der Waals surface area contributed by atoms with Crippen LogP contribution in [0.2, 0.25) is 0 Å². The largest absolute Gasteiger partial charge is 0.444 e. The number of nitrogens with zero attached hydrogens (tertiary/aromatic N) is 3. The Hall–Kier alpha value is -5.12. The lowest BCUT2D eigenvalue weighted by atomic mass is 9.99. The zero-order chi connectivity index (χ0) is 31.9. The van der Waals surface area contributed by atoms with E-state index in [1.165, 1.54) is 0 Å². The summed E-state index contributed by atoms with van der Waals surface area (Å²) in [5.74, 6) is -0.417. The Labute approximate surface area is 262 Å². The Balaban J connectivity index is 1.22. The Morgan fingerprint density at radius 1 is 1.09 bits per heavy atom. The Bertz CT molecular complexity index is 1810. The average molecular weight is 607 g/mol. The van der Waals surface area contributed by atoms with Crippen LogP contribution in [-0.4, -0.2) is 62.3 Å². The first-order chi connectivity index (χ1) is 21.5. The minimum absolute atomic E-state index is 0.188. The smallest absolute Gasteiger partial charge is 0.410 e. The number of benzene rings is 2. The lowest BCUT2D eigenvalue weighted by Gasteiger charge is -2.34. The maximum atomic E-state index is 13.5. The quantitative estimate of drug-likeness (QED) is 0.237. The number of rotatable bonds is 5. The number of H-pyrrole nitrogens is 1. The number of nitrogens with one attached hydrogen (secondary N) is 3. The summed E-state index contributed by atoms with van der Waals surface area (Å²) in [5, 5.41) is 10.6. The fraction of sp³-hybridized carbons (Fsp3) is 0.314. The normalized spacial score (nSPS) is 17.3. The zero-order valence-electron chi connectivity index (χ0n) is 26.2. The third-order valence-electron chi connectivity index (χ3n) is 8.14. The molecule has 1 saturated heterocycles. The van der Waals surface area contributed by atoms with Crippen LogP contribution < -0.4 is 10.6 Å². The molecule has 232 valence electrons. The number of fused-ring (bicyclic) bond motifs is 1. The van der Waals surface area contributed by atoms with Gasteiger partial charge in [0.05, 0.1) is 23.0 Å². The SMILES string of the molecule is Cc1[nH]c(/C=C2\C(=O)Nc3ccc(-c4cnn(-c5ccccc5)c4)cc32)c(C)c1C(=O)N[C@H]1CCCN(C(=O)OC(C)(C)C)C1. The molecular weight excluding hydrogens is 568 g/mol. The first-order valence-corrected chi connectivity index (χ1v) is 15.2. The number of aryl methyl sites for hydroxylation is 1. The summed E-state index contributed by atoms with van der Waals surface area (Å²) in [6, 6.07) is 15.6. The van der Waals surface area contributed by atoms with Gasteiger partial charge in [0.1, 0.15) is 5.60 Å². The van der Waals surface area contributed by atoms with Gasteiger partial charge in [0.2, 0.25) is 0 Å². The van der Waals surface area contributed by atoms with Crippen molar-refractivity contribution in [1.29, 1.82) is 0 Å². The van der Waals surface area contributed by atoms with E-state index in [0.29, 0.717) is 35.6 Å². The van der Waals surface area contributed by atoms with Crippen LogP contribution >= 0.6 is 0 Å². The van der Waals surface area contributed by atoms with E-state index in [2.05, 4.69) is 20.7 Å². The average Bonchev–Trinajstić information content (AvgIpc) is 3.68. The van der Waals surface area contributed by atoms with Crippen LogP contribution in [0, 0.1) is 13.8 Å². The lowest BCUT2D eigenvalue weighted by molar-refractivity contribution is -0.110. The molecule has 0 unspecified atom stereocenters. The van der Waals surface area contributed by atoms with Crippen LogP contribution in [0.15, 0.2) is 60.9 Å². The molecule has 0 aliphatic carbocycles. The number of para-hydroxylation sites is 1. The van der Waals surface area contributed by atoms with Crippen LogP contribution in [0.1, 0.15) is 66.5 Å². The third-order valence-corrected chi connectivity index (χ3v) is 8.14. The van der Waals surface area contributed by atoms with E-state index in [1.54, 1.807) is 4.90 Å². The highest BCUT2D eigenvalue weighted by molar-refractivity contribution is 6.35. The molecule has 0 radical (unpaired) electrons. The molecule has 3 amide bonds. The van der Waals surface area contributed by atoms with E-state index in [-0.39, 0.29) is 23.9 Å². The van der Waals surface area contributed by atoms with Gasteiger partial charge in [-0.25, -0.2) is 9.48 Å². The first kappa shape index (κ1) is 29.9. The van der Waals surface area contributed by atoms with Crippen molar-refractivity contribution in [3.8, 4) is 16.8 Å². The highest BCUT2D eigenvalue weighted by Gasteiger charge is 2.30. The van der Waals surface area contributed by atoms with E-state index in [0.717, 1.165) is 46.5 Å². The summed E-state index contributed by atoms with van der Waals surface area (Å²) in [6.07, 6.45) is 6.76. The van der Waals surface area contributed by atoms with Crippen molar-refractivity contribution >= 4 is 35.2 Å². The maximum Gasteiger partial charge on any atom is 0.410 e. The van der Waals surface area contributed by atoms with Gasteiger partial charge < -0.3 is 25.3 Å². The highest BCUT2D eigenvalue weighted by atomic mass is 16.6. The Kier molecular flexibility index (Phi) is 7.82. The molecule has 45 heavy (non-hydrogen) atoms. The van der Waals surface area contributed by atoms with E-state index in [9.17, 15) is 14.4 Å². The summed E-state index contributed by atoms with van der Waals surface area (Å²) >= 11 is 0. The first-order valence-electron chi connectivity index (χ1n) is 15.2. The molecule has 1 fully saturated rings. The van der Waals surface area contributed by atoms with Gasteiger partial charge >= 0.3 is 6.09 Å². The monoisotopic (exact) mass is 606 g/mol. The Morgan fingerprint density at radius 2 is 1.87 bits per heavy atom. The number of carbonyl (C=O) groups is 3. The van der Waals surface area contributed by atoms with Gasteiger partial charge in [-0.3, -0.25) is 9.59 Å². The van der Waals surface area contributed by atoms with Crippen LogP contribution in [0.5, 0.6) is 0 Å². The van der Waals surface area contributed by atoms with Crippen LogP contribution in [-0.2, 0) is 9.53 Å². The van der Waals surface area contributed by atoms with Crippen molar-refractivity contribution < 1.29 is 19.1 Å². The minimum Gasteiger partial charge on any atom is -0.444 e. The molecule has 2 aliphatic rings. The molecule has 3 N–H and O–H groups in total. The Morgan fingerprint density at radius 3 is 2.62 bits per heavy atom. The molecule has 10 nitrogen and oxygen atoms in total. The summed E-state index contributed by atoms with van der Waals surface area (Å²) in [6.45, 7) is 10.2. The summed E-state index contributed by atoms with van der Waals surface area (Å²) in [4.78, 5) is 44.2. The van der Waals surface area contributed by atoms with Gasteiger partial charge in [-0.2, -0.15) is 5.10 Å². The van der Waals surface area contributed by atoms with Crippen molar-refractivity contribution in [2.75, 3.05) is 18.4 Å². The van der Waals surface area contributed by atoms with Gasteiger partial charge in [-0.1, -0.05) is 24.3 Å². The number of anilines is 1. The predicted molar refractivity (Wildman–Crippen MR) is 174 cm³/mol. The molecule has 2 aromatic carbocycles. The summed E-state index contributed by atoms with van der Waals surface area (Å²) in [5.41, 5.74) is 6.96. The van der Waals surface area contributed by atoms with Crippen molar-refractivity contribution in [2.45, 2.75) is 59.1 Å². The molecular formula is C35H38N6O4. The number of aromatic nitrogens is 3. The van der Waals surface area contributed by atoms with E-state index in [4.69, 9.17) is 4.74 Å². The van der Waals surface area contributed by atoms with E-state index < -0.39 is 5.60 Å². The molecule has 4 aromatic rings. The lowest BCUT2D eigenvalue weighted by Crippen LogP contribution is -2.50. The molecule has 0 spiro atoms. The maximum absolute atomic E-state index is 13.5. The number of amides is 3. The predicted octanol–water partition coefficient (Wildman–Crippen LogP) is 6.11. The number of likely N-dealkylation sites (tertiary alicyclic amines) is 1. The van der Waals surface area contributed by atoms with Gasteiger partial charge in [0.25, 0.3) is 11.8 Å². The van der Waals surface area contributed by atoms with Crippen LogP contribution in [0.4, 0.5) is 10.5 Å². The third kappa shape index (κ3) is 6.26. The summed E-state index contributed by atoms with van der Waals surface area (Å²) < 4.78 is 7.35. The second-order valence-corrected chi connectivity index (χ2v) is 12.7. The van der Waals surface area contributed by atoms with Gasteiger partial charge in [0, 0.05) is 53.5 Å². The number of hydrogen-bond donors (Lipinski definition) is 3. The van der Waals surface area contributed by atoms with E-state index >= 15 is 0 Å². The minimum atomic E-state index is -0.582. The zero-order valence-corrected chi connectivity index (χ0v) is 26.2. The fourth-order valence-corrected chi connectivity index (χ4v) is 5.95. The highest BCUT2D eigenvalue weighted by Crippen LogP contribution is 2.37. The number of aromatic amines is 1. The molecule has 10 heteroatoms. The van der Waals surface area contributed by atoms with Crippen LogP contribution in [0.3, 0.4) is 0 Å². The molecule has 0 saturated carbocycles. The second kappa shape index (κ2) is 11.8.